The minimum Gasteiger partial charge on any atom is -0.473 e. The number of amides is 1. The molecule has 1 atom stereocenters. The summed E-state index contributed by atoms with van der Waals surface area (Å²) in [6, 6.07) is 16.9. The first kappa shape index (κ1) is 21.0. The Hall–Kier alpha value is -3.30. The average molecular weight is 452 g/mol. The lowest BCUT2D eigenvalue weighted by atomic mass is 10.2. The number of benzene rings is 1. The Kier molecular flexibility index (Phi) is 6.54. The van der Waals surface area contributed by atoms with Crippen LogP contribution in [0.5, 0.6) is 5.88 Å². The SMILES string of the molecule is CC(C(=O)NCc1ccnc(OCc2ccccc2)c1)n1c(-c2cccs2)n[nH]c1=S. The fourth-order valence-corrected chi connectivity index (χ4v) is 4.07. The zero-order chi connectivity index (χ0) is 21.6. The highest BCUT2D eigenvalue weighted by atomic mass is 32.1. The van der Waals surface area contributed by atoms with E-state index in [0.717, 1.165) is 16.0 Å². The van der Waals surface area contributed by atoms with Crippen LogP contribution in [-0.4, -0.2) is 25.7 Å². The van der Waals surface area contributed by atoms with Gasteiger partial charge >= 0.3 is 0 Å². The number of aromatic nitrogens is 4. The van der Waals surface area contributed by atoms with E-state index in [2.05, 4.69) is 20.5 Å². The Balaban J connectivity index is 1.39. The summed E-state index contributed by atoms with van der Waals surface area (Å²) in [6.07, 6.45) is 1.67. The summed E-state index contributed by atoms with van der Waals surface area (Å²) in [5, 5.41) is 12.0. The van der Waals surface area contributed by atoms with Gasteiger partial charge in [0.25, 0.3) is 0 Å². The van der Waals surface area contributed by atoms with E-state index in [4.69, 9.17) is 17.0 Å². The first-order chi connectivity index (χ1) is 15.1. The maximum atomic E-state index is 12.8. The molecule has 158 valence electrons. The van der Waals surface area contributed by atoms with Crippen LogP contribution < -0.4 is 10.1 Å². The zero-order valence-electron chi connectivity index (χ0n) is 16.8. The summed E-state index contributed by atoms with van der Waals surface area (Å²) >= 11 is 6.90. The average Bonchev–Trinajstić information content (AvgIpc) is 3.46. The number of rotatable bonds is 8. The third-order valence-electron chi connectivity index (χ3n) is 4.71. The van der Waals surface area contributed by atoms with Crippen LogP contribution in [0.15, 0.2) is 66.2 Å². The van der Waals surface area contributed by atoms with Crippen LogP contribution in [0.25, 0.3) is 10.7 Å². The summed E-state index contributed by atoms with van der Waals surface area (Å²) in [6.45, 7) is 2.59. The molecule has 0 aliphatic heterocycles. The Morgan fingerprint density at radius 2 is 2.06 bits per heavy atom. The van der Waals surface area contributed by atoms with Crippen LogP contribution in [0, 0.1) is 4.77 Å². The second kappa shape index (κ2) is 9.67. The van der Waals surface area contributed by atoms with E-state index >= 15 is 0 Å². The molecule has 0 bridgehead atoms. The molecular weight excluding hydrogens is 430 g/mol. The number of nitrogens with one attached hydrogen (secondary N) is 2. The van der Waals surface area contributed by atoms with Crippen molar-refractivity contribution < 1.29 is 9.53 Å². The number of aromatic amines is 1. The van der Waals surface area contributed by atoms with Gasteiger partial charge in [0.05, 0.1) is 4.88 Å². The molecule has 9 heteroatoms. The van der Waals surface area contributed by atoms with Gasteiger partial charge in [0.1, 0.15) is 12.6 Å². The molecular formula is C22H21N5O2S2. The van der Waals surface area contributed by atoms with Gasteiger partial charge in [-0.3, -0.25) is 14.5 Å². The number of nitrogens with zero attached hydrogens (tertiary/aromatic N) is 3. The van der Waals surface area contributed by atoms with Crippen molar-refractivity contribution in [2.24, 2.45) is 0 Å². The van der Waals surface area contributed by atoms with E-state index < -0.39 is 6.04 Å². The predicted octanol–water partition coefficient (Wildman–Crippen LogP) is 4.52. The van der Waals surface area contributed by atoms with E-state index in [1.165, 1.54) is 0 Å². The van der Waals surface area contributed by atoms with Crippen molar-refractivity contribution in [1.29, 1.82) is 0 Å². The van der Waals surface area contributed by atoms with Crippen molar-refractivity contribution in [1.82, 2.24) is 25.1 Å². The highest BCUT2D eigenvalue weighted by Gasteiger charge is 2.21. The molecule has 3 aromatic heterocycles. The maximum Gasteiger partial charge on any atom is 0.243 e. The second-order valence-electron chi connectivity index (χ2n) is 6.87. The molecule has 1 unspecified atom stereocenters. The lowest BCUT2D eigenvalue weighted by molar-refractivity contribution is -0.124. The van der Waals surface area contributed by atoms with E-state index in [9.17, 15) is 4.79 Å². The third-order valence-corrected chi connectivity index (χ3v) is 5.86. The molecule has 0 fully saturated rings. The van der Waals surface area contributed by atoms with Gasteiger partial charge in [-0.05, 0) is 47.8 Å². The standard InChI is InChI=1S/C22H21N5O2S2/c1-15(27-20(25-26-22(27)30)18-8-5-11-31-18)21(28)24-13-17-9-10-23-19(12-17)29-14-16-6-3-2-4-7-16/h2-12,15H,13-14H2,1H3,(H,24,28)(H,26,30). The molecule has 0 spiro atoms. The summed E-state index contributed by atoms with van der Waals surface area (Å²) in [4.78, 5) is 18.0. The smallest absolute Gasteiger partial charge is 0.243 e. The normalized spacial score (nSPS) is 11.8. The molecule has 0 radical (unpaired) electrons. The van der Waals surface area contributed by atoms with Crippen LogP contribution in [-0.2, 0) is 17.9 Å². The van der Waals surface area contributed by atoms with E-state index in [1.54, 1.807) is 29.0 Å². The van der Waals surface area contributed by atoms with Crippen LogP contribution in [0.2, 0.25) is 0 Å². The number of hydrogen-bond acceptors (Lipinski definition) is 6. The van der Waals surface area contributed by atoms with Gasteiger partial charge in [-0.2, -0.15) is 5.10 Å². The maximum absolute atomic E-state index is 12.8. The van der Waals surface area contributed by atoms with Crippen molar-refractivity contribution in [2.45, 2.75) is 26.1 Å². The number of hydrogen-bond donors (Lipinski definition) is 2. The van der Waals surface area contributed by atoms with Gasteiger partial charge in [0.15, 0.2) is 10.6 Å². The minimum absolute atomic E-state index is 0.154. The summed E-state index contributed by atoms with van der Waals surface area (Å²) in [5.41, 5.74) is 1.96. The minimum atomic E-state index is -0.515. The molecule has 7 nitrogen and oxygen atoms in total. The van der Waals surface area contributed by atoms with Gasteiger partial charge in [0.2, 0.25) is 11.8 Å². The fraction of sp³-hybridized carbons (Fsp3) is 0.182. The molecule has 0 aliphatic carbocycles. The van der Waals surface area contributed by atoms with E-state index in [0.29, 0.717) is 29.6 Å². The molecule has 0 aliphatic rings. The molecule has 2 N–H and O–H groups in total. The molecule has 3 heterocycles. The molecule has 0 saturated carbocycles. The highest BCUT2D eigenvalue weighted by molar-refractivity contribution is 7.71. The summed E-state index contributed by atoms with van der Waals surface area (Å²) in [5.74, 6) is 1.02. The number of thiophene rings is 1. The van der Waals surface area contributed by atoms with Crippen LogP contribution >= 0.6 is 23.6 Å². The topological polar surface area (TPSA) is 84.8 Å². The Morgan fingerprint density at radius 1 is 1.23 bits per heavy atom. The van der Waals surface area contributed by atoms with Crippen LogP contribution in [0.3, 0.4) is 0 Å². The van der Waals surface area contributed by atoms with Gasteiger partial charge in [0, 0.05) is 18.8 Å². The molecule has 1 aromatic carbocycles. The largest absolute Gasteiger partial charge is 0.473 e. The molecule has 31 heavy (non-hydrogen) atoms. The quantitative estimate of drug-likeness (QED) is 0.385. The number of H-pyrrole nitrogens is 1. The van der Waals surface area contributed by atoms with Crippen LogP contribution in [0.4, 0.5) is 0 Å². The predicted molar refractivity (Wildman–Crippen MR) is 122 cm³/mol. The van der Waals surface area contributed by atoms with E-state index in [1.807, 2.05) is 60.0 Å². The van der Waals surface area contributed by atoms with Gasteiger partial charge in [-0.15, -0.1) is 11.3 Å². The van der Waals surface area contributed by atoms with Gasteiger partial charge in [-0.1, -0.05) is 36.4 Å². The van der Waals surface area contributed by atoms with E-state index in [-0.39, 0.29) is 5.91 Å². The lowest BCUT2D eigenvalue weighted by Gasteiger charge is -2.15. The van der Waals surface area contributed by atoms with Crippen molar-refractivity contribution >= 4 is 29.5 Å². The fourth-order valence-electron chi connectivity index (χ4n) is 3.07. The Morgan fingerprint density at radius 3 is 2.84 bits per heavy atom. The third kappa shape index (κ3) is 5.07. The zero-order valence-corrected chi connectivity index (χ0v) is 18.5. The first-order valence-corrected chi connectivity index (χ1v) is 11.0. The van der Waals surface area contributed by atoms with Crippen molar-refractivity contribution in [3.05, 3.63) is 82.1 Å². The van der Waals surface area contributed by atoms with Gasteiger partial charge in [-0.25, -0.2) is 4.98 Å². The lowest BCUT2D eigenvalue weighted by Crippen LogP contribution is -2.31. The van der Waals surface area contributed by atoms with Crippen molar-refractivity contribution in [3.8, 4) is 16.6 Å². The number of carbonyl (C=O) groups excluding carboxylic acids is 1. The summed E-state index contributed by atoms with van der Waals surface area (Å²) in [7, 11) is 0. The molecule has 0 saturated heterocycles. The summed E-state index contributed by atoms with van der Waals surface area (Å²) < 4.78 is 7.91. The highest BCUT2D eigenvalue weighted by Crippen LogP contribution is 2.25. The van der Waals surface area contributed by atoms with Crippen LogP contribution in [0.1, 0.15) is 24.1 Å². The second-order valence-corrected chi connectivity index (χ2v) is 8.20. The molecule has 4 rings (SSSR count). The number of pyridine rings is 1. The Bertz CT molecular complexity index is 1200. The van der Waals surface area contributed by atoms with Gasteiger partial charge < -0.3 is 10.1 Å². The number of carbonyl (C=O) groups is 1. The first-order valence-electron chi connectivity index (χ1n) is 9.72. The van der Waals surface area contributed by atoms with Crippen molar-refractivity contribution in [3.63, 3.8) is 0 Å². The Labute approximate surface area is 188 Å². The molecule has 1 amide bonds. The molecule has 4 aromatic rings. The number of ether oxygens (including phenoxy) is 1. The van der Waals surface area contributed by atoms with Crippen molar-refractivity contribution in [2.75, 3.05) is 0 Å². The monoisotopic (exact) mass is 451 g/mol.